The van der Waals surface area contributed by atoms with Crippen LogP contribution in [0, 0.1) is 6.92 Å². The molecule has 0 saturated carbocycles. The molecule has 0 unspecified atom stereocenters. The number of carbonyl (C=O) groups is 1. The Morgan fingerprint density at radius 3 is 2.89 bits per heavy atom. The van der Waals surface area contributed by atoms with Crippen LogP contribution in [0.5, 0.6) is 5.75 Å². The largest absolute Gasteiger partial charge is 0.493 e. The van der Waals surface area contributed by atoms with Gasteiger partial charge in [-0.05, 0) is 31.9 Å². The number of halogens is 1. The molecule has 0 bridgehead atoms. The van der Waals surface area contributed by atoms with Gasteiger partial charge in [-0.2, -0.15) is 0 Å². The third kappa shape index (κ3) is 3.41. The van der Waals surface area contributed by atoms with E-state index in [0.717, 1.165) is 28.6 Å². The van der Waals surface area contributed by atoms with E-state index in [2.05, 4.69) is 9.97 Å². The number of rotatable bonds is 5. The second-order valence-electron chi connectivity index (χ2n) is 4.45. The Kier molecular flexibility index (Phi) is 4.32. The van der Waals surface area contributed by atoms with Crippen LogP contribution < -0.4 is 4.74 Å². The monoisotopic (exact) mass is 278 g/mol. The van der Waals surface area contributed by atoms with Crippen molar-refractivity contribution < 1.29 is 9.53 Å². The first-order valence-electron chi connectivity index (χ1n) is 6.11. The first-order chi connectivity index (χ1) is 9.08. The van der Waals surface area contributed by atoms with Crippen molar-refractivity contribution in [2.75, 3.05) is 6.61 Å². The molecule has 0 aliphatic rings. The zero-order valence-corrected chi connectivity index (χ0v) is 11.7. The number of aromatic nitrogens is 2. The number of benzene rings is 1. The van der Waals surface area contributed by atoms with E-state index < -0.39 is 0 Å². The highest BCUT2D eigenvalue weighted by Gasteiger charge is 2.07. The second-order valence-corrected chi connectivity index (χ2v) is 4.81. The molecule has 4 nitrogen and oxygen atoms in total. The van der Waals surface area contributed by atoms with E-state index in [-0.39, 0.29) is 5.78 Å². The number of fused-ring (bicyclic) bond motifs is 1. The molecule has 0 aliphatic heterocycles. The standard InChI is InChI=1S/C14H15ClN2O2/c1-9-6-11-12(16-8-17-14(11)15)7-13(9)19-5-3-4-10(2)18/h6-8H,3-5H2,1-2H3. The maximum atomic E-state index is 10.8. The van der Waals surface area contributed by atoms with Gasteiger partial charge in [-0.1, -0.05) is 11.6 Å². The van der Waals surface area contributed by atoms with Gasteiger partial charge >= 0.3 is 0 Å². The number of hydrogen-bond acceptors (Lipinski definition) is 4. The summed E-state index contributed by atoms with van der Waals surface area (Å²) in [7, 11) is 0. The number of carbonyl (C=O) groups excluding carboxylic acids is 1. The molecule has 0 atom stereocenters. The van der Waals surface area contributed by atoms with E-state index in [9.17, 15) is 4.79 Å². The molecule has 2 rings (SSSR count). The van der Waals surface area contributed by atoms with Crippen molar-refractivity contribution in [1.29, 1.82) is 0 Å². The predicted octanol–water partition coefficient (Wildman–Crippen LogP) is 3.34. The van der Waals surface area contributed by atoms with Gasteiger partial charge in [0, 0.05) is 17.9 Å². The van der Waals surface area contributed by atoms with Crippen LogP contribution in [0.1, 0.15) is 25.3 Å². The van der Waals surface area contributed by atoms with E-state index in [1.807, 2.05) is 19.1 Å². The summed E-state index contributed by atoms with van der Waals surface area (Å²) in [6, 6.07) is 3.77. The van der Waals surface area contributed by atoms with Gasteiger partial charge in [0.1, 0.15) is 23.0 Å². The van der Waals surface area contributed by atoms with Gasteiger partial charge in [-0.15, -0.1) is 0 Å². The van der Waals surface area contributed by atoms with Crippen molar-refractivity contribution >= 4 is 28.3 Å². The summed E-state index contributed by atoms with van der Waals surface area (Å²) in [4.78, 5) is 19.0. The van der Waals surface area contributed by atoms with Gasteiger partial charge in [0.15, 0.2) is 0 Å². The van der Waals surface area contributed by atoms with E-state index in [1.54, 1.807) is 6.92 Å². The first kappa shape index (κ1) is 13.7. The summed E-state index contributed by atoms with van der Waals surface area (Å²) in [6.45, 7) is 4.05. The minimum absolute atomic E-state index is 0.179. The number of ketones is 1. The summed E-state index contributed by atoms with van der Waals surface area (Å²) in [5.74, 6) is 0.948. The topological polar surface area (TPSA) is 52.1 Å². The molecule has 0 amide bonds. The van der Waals surface area contributed by atoms with Crippen molar-refractivity contribution in [3.8, 4) is 5.75 Å². The average molecular weight is 279 g/mol. The van der Waals surface area contributed by atoms with Crippen molar-refractivity contribution in [1.82, 2.24) is 9.97 Å². The number of ether oxygens (including phenoxy) is 1. The lowest BCUT2D eigenvalue weighted by atomic mass is 10.1. The molecule has 0 fully saturated rings. The average Bonchev–Trinajstić information content (AvgIpc) is 2.36. The lowest BCUT2D eigenvalue weighted by molar-refractivity contribution is -0.117. The fourth-order valence-corrected chi connectivity index (χ4v) is 2.01. The third-order valence-electron chi connectivity index (χ3n) is 2.81. The summed E-state index contributed by atoms with van der Waals surface area (Å²) in [5.41, 5.74) is 1.74. The normalized spacial score (nSPS) is 10.7. The smallest absolute Gasteiger partial charge is 0.140 e. The van der Waals surface area contributed by atoms with Crippen LogP contribution in [-0.4, -0.2) is 22.4 Å². The molecule has 1 heterocycles. The molecule has 19 heavy (non-hydrogen) atoms. The quantitative estimate of drug-likeness (QED) is 0.622. The van der Waals surface area contributed by atoms with E-state index in [4.69, 9.17) is 16.3 Å². The number of Topliss-reactive ketones (excluding diaryl/α,β-unsaturated/α-hetero) is 1. The predicted molar refractivity (Wildman–Crippen MR) is 74.7 cm³/mol. The fraction of sp³-hybridized carbons (Fsp3) is 0.357. The Labute approximate surface area is 116 Å². The van der Waals surface area contributed by atoms with Crippen molar-refractivity contribution in [3.05, 3.63) is 29.2 Å². The molecular weight excluding hydrogens is 264 g/mol. The molecule has 100 valence electrons. The summed E-state index contributed by atoms with van der Waals surface area (Å²) < 4.78 is 5.68. The Morgan fingerprint density at radius 2 is 2.16 bits per heavy atom. The zero-order valence-electron chi connectivity index (χ0n) is 10.9. The Morgan fingerprint density at radius 1 is 1.37 bits per heavy atom. The van der Waals surface area contributed by atoms with Gasteiger partial charge in [-0.3, -0.25) is 0 Å². The van der Waals surface area contributed by atoms with Gasteiger partial charge in [0.2, 0.25) is 0 Å². The summed E-state index contributed by atoms with van der Waals surface area (Å²) in [6.07, 6.45) is 2.69. The minimum atomic E-state index is 0.179. The van der Waals surface area contributed by atoms with Crippen LogP contribution in [0.3, 0.4) is 0 Å². The minimum Gasteiger partial charge on any atom is -0.493 e. The molecule has 5 heteroatoms. The van der Waals surface area contributed by atoms with Crippen molar-refractivity contribution in [3.63, 3.8) is 0 Å². The number of nitrogens with zero attached hydrogens (tertiary/aromatic N) is 2. The maximum Gasteiger partial charge on any atom is 0.140 e. The van der Waals surface area contributed by atoms with Crippen LogP contribution >= 0.6 is 11.6 Å². The van der Waals surface area contributed by atoms with E-state index >= 15 is 0 Å². The Hall–Kier alpha value is -1.68. The molecule has 2 aromatic rings. The van der Waals surface area contributed by atoms with Crippen LogP contribution in [-0.2, 0) is 4.79 Å². The highest BCUT2D eigenvalue weighted by Crippen LogP contribution is 2.27. The van der Waals surface area contributed by atoms with E-state index in [1.165, 1.54) is 6.33 Å². The molecule has 0 spiro atoms. The summed E-state index contributed by atoms with van der Waals surface area (Å²) in [5, 5.41) is 1.26. The molecule has 0 aliphatic carbocycles. The fourth-order valence-electron chi connectivity index (χ4n) is 1.82. The van der Waals surface area contributed by atoms with Crippen LogP contribution in [0.2, 0.25) is 5.15 Å². The highest BCUT2D eigenvalue weighted by atomic mass is 35.5. The Balaban J connectivity index is 2.15. The maximum absolute atomic E-state index is 10.8. The van der Waals surface area contributed by atoms with Crippen LogP contribution in [0.4, 0.5) is 0 Å². The molecule has 0 N–H and O–H groups in total. The number of aryl methyl sites for hydroxylation is 1. The third-order valence-corrected chi connectivity index (χ3v) is 3.12. The van der Waals surface area contributed by atoms with Crippen LogP contribution in [0.15, 0.2) is 18.5 Å². The SMILES string of the molecule is CC(=O)CCCOc1cc2ncnc(Cl)c2cc1C. The van der Waals surface area contributed by atoms with Crippen molar-refractivity contribution in [2.45, 2.75) is 26.7 Å². The first-order valence-corrected chi connectivity index (χ1v) is 6.49. The van der Waals surface area contributed by atoms with Gasteiger partial charge in [0.25, 0.3) is 0 Å². The lowest BCUT2D eigenvalue weighted by Crippen LogP contribution is -2.02. The van der Waals surface area contributed by atoms with Gasteiger partial charge < -0.3 is 9.53 Å². The van der Waals surface area contributed by atoms with E-state index in [0.29, 0.717) is 18.2 Å². The molecule has 1 aromatic heterocycles. The van der Waals surface area contributed by atoms with Crippen LogP contribution in [0.25, 0.3) is 10.9 Å². The molecule has 0 radical (unpaired) electrons. The zero-order chi connectivity index (χ0) is 13.8. The summed E-state index contributed by atoms with van der Waals surface area (Å²) >= 11 is 6.01. The number of hydrogen-bond donors (Lipinski definition) is 0. The molecule has 1 aromatic carbocycles. The second kappa shape index (κ2) is 5.97. The highest BCUT2D eigenvalue weighted by molar-refractivity contribution is 6.34. The van der Waals surface area contributed by atoms with Crippen molar-refractivity contribution in [2.24, 2.45) is 0 Å². The molecular formula is C14H15ClN2O2. The van der Waals surface area contributed by atoms with Gasteiger partial charge in [-0.25, -0.2) is 9.97 Å². The lowest BCUT2D eigenvalue weighted by Gasteiger charge is -2.10. The van der Waals surface area contributed by atoms with Gasteiger partial charge in [0.05, 0.1) is 12.1 Å². The molecule has 0 saturated heterocycles. The Bertz CT molecular complexity index is 614.